The van der Waals surface area contributed by atoms with Crippen LogP contribution in [0.4, 0.5) is 0 Å². The number of aryl methyl sites for hydroxylation is 2. The summed E-state index contributed by atoms with van der Waals surface area (Å²) in [7, 11) is 1.92. The first-order chi connectivity index (χ1) is 13.6. The van der Waals surface area contributed by atoms with Crippen LogP contribution in [0.15, 0.2) is 54.6 Å². The van der Waals surface area contributed by atoms with Crippen LogP contribution in [-0.4, -0.2) is 53.6 Å². The third-order valence-electron chi connectivity index (χ3n) is 5.75. The summed E-state index contributed by atoms with van der Waals surface area (Å²) < 4.78 is 0. The van der Waals surface area contributed by atoms with Crippen molar-refractivity contribution in [3.05, 3.63) is 71.3 Å². The van der Waals surface area contributed by atoms with Crippen molar-refractivity contribution >= 4 is 5.91 Å². The van der Waals surface area contributed by atoms with Crippen LogP contribution in [0.5, 0.6) is 0 Å². The number of carbonyl (C=O) groups excluding carboxylic acids is 1. The lowest BCUT2D eigenvalue weighted by molar-refractivity contribution is -0.132. The summed E-state index contributed by atoms with van der Waals surface area (Å²) in [5.74, 6) is 0.163. The van der Waals surface area contributed by atoms with Crippen LogP contribution in [0.1, 0.15) is 42.5 Å². The Kier molecular flexibility index (Phi) is 7.24. The lowest BCUT2D eigenvalue weighted by Gasteiger charge is -2.32. The van der Waals surface area contributed by atoms with Gasteiger partial charge in [-0.1, -0.05) is 61.5 Å². The highest BCUT2D eigenvalue weighted by atomic mass is 16.3. The van der Waals surface area contributed by atoms with E-state index in [9.17, 15) is 9.90 Å². The zero-order chi connectivity index (χ0) is 19.9. The second-order valence-electron chi connectivity index (χ2n) is 7.81. The van der Waals surface area contributed by atoms with Crippen LogP contribution in [0.25, 0.3) is 0 Å². The molecule has 2 aromatic carbocycles. The van der Waals surface area contributed by atoms with E-state index < -0.39 is 0 Å². The Balaban J connectivity index is 1.73. The van der Waals surface area contributed by atoms with Gasteiger partial charge in [0.05, 0.1) is 12.1 Å². The average molecular weight is 381 g/mol. The zero-order valence-electron chi connectivity index (χ0n) is 17.1. The maximum absolute atomic E-state index is 13.0. The topological polar surface area (TPSA) is 43.8 Å². The van der Waals surface area contributed by atoms with Gasteiger partial charge in [0.2, 0.25) is 5.91 Å². The minimum absolute atomic E-state index is 0.0000679. The van der Waals surface area contributed by atoms with Crippen LogP contribution in [0.3, 0.4) is 0 Å². The van der Waals surface area contributed by atoms with Crippen LogP contribution in [0, 0.1) is 0 Å². The summed E-state index contributed by atoms with van der Waals surface area (Å²) >= 11 is 0. The van der Waals surface area contributed by atoms with Gasteiger partial charge in [-0.25, -0.2) is 0 Å². The fraction of sp³-hybridized carbons (Fsp3) is 0.458. The average Bonchev–Trinajstić information content (AvgIpc) is 3.15. The van der Waals surface area contributed by atoms with Crippen molar-refractivity contribution in [1.29, 1.82) is 0 Å². The van der Waals surface area contributed by atoms with E-state index in [0.29, 0.717) is 13.0 Å². The number of nitrogens with zero attached hydrogens (tertiary/aromatic N) is 2. The Morgan fingerprint density at radius 1 is 1.18 bits per heavy atom. The van der Waals surface area contributed by atoms with Gasteiger partial charge >= 0.3 is 0 Å². The number of carbonyl (C=O) groups is 1. The van der Waals surface area contributed by atoms with E-state index >= 15 is 0 Å². The number of aliphatic hydroxyl groups excluding tert-OH is 1. The second-order valence-corrected chi connectivity index (χ2v) is 7.81. The maximum Gasteiger partial charge on any atom is 0.223 e. The highest BCUT2D eigenvalue weighted by molar-refractivity contribution is 5.76. The van der Waals surface area contributed by atoms with Gasteiger partial charge in [-0.15, -0.1) is 0 Å². The highest BCUT2D eigenvalue weighted by Crippen LogP contribution is 2.25. The molecule has 1 heterocycles. The molecule has 1 amide bonds. The zero-order valence-corrected chi connectivity index (χ0v) is 17.1. The van der Waals surface area contributed by atoms with Crippen molar-refractivity contribution in [3.8, 4) is 0 Å². The molecule has 0 unspecified atom stereocenters. The molecule has 2 atom stereocenters. The normalized spacial score (nSPS) is 18.2. The molecule has 0 aromatic heterocycles. The molecule has 1 aliphatic rings. The molecule has 0 aliphatic carbocycles. The SMILES string of the molecule is CCc1cccc([C@@H](CN2CC[C@H](O)C2)N(C)C(=O)CCc2ccccc2)c1. The smallest absolute Gasteiger partial charge is 0.223 e. The van der Waals surface area contributed by atoms with E-state index in [4.69, 9.17) is 0 Å². The quantitative estimate of drug-likeness (QED) is 0.763. The summed E-state index contributed by atoms with van der Waals surface area (Å²) in [6.07, 6.45) is 2.81. The monoisotopic (exact) mass is 380 g/mol. The molecule has 0 saturated carbocycles. The van der Waals surface area contributed by atoms with Crippen LogP contribution in [0.2, 0.25) is 0 Å². The number of rotatable bonds is 8. The molecule has 2 aromatic rings. The first-order valence-electron chi connectivity index (χ1n) is 10.4. The number of amides is 1. The van der Waals surface area contributed by atoms with Crippen LogP contribution >= 0.6 is 0 Å². The van der Waals surface area contributed by atoms with E-state index in [1.807, 2.05) is 30.1 Å². The molecule has 3 rings (SSSR count). The first kappa shape index (κ1) is 20.6. The third kappa shape index (κ3) is 5.43. The van der Waals surface area contributed by atoms with Gasteiger partial charge < -0.3 is 10.0 Å². The summed E-state index contributed by atoms with van der Waals surface area (Å²) in [5, 5.41) is 9.90. The number of likely N-dealkylation sites (tertiary alicyclic amines) is 1. The predicted molar refractivity (Wildman–Crippen MR) is 113 cm³/mol. The summed E-state index contributed by atoms with van der Waals surface area (Å²) in [6, 6.07) is 18.7. The van der Waals surface area contributed by atoms with Crippen molar-refractivity contribution in [3.63, 3.8) is 0 Å². The molecule has 150 valence electrons. The van der Waals surface area contributed by atoms with Gasteiger partial charge in [0.25, 0.3) is 0 Å². The Bertz CT molecular complexity index is 762. The van der Waals surface area contributed by atoms with Gasteiger partial charge in [0.15, 0.2) is 0 Å². The Hall–Kier alpha value is -2.17. The largest absolute Gasteiger partial charge is 0.392 e. The number of likely N-dealkylation sites (N-methyl/N-ethyl adjacent to an activating group) is 1. The van der Waals surface area contributed by atoms with Crippen LogP contribution < -0.4 is 0 Å². The van der Waals surface area contributed by atoms with Gasteiger partial charge in [-0.2, -0.15) is 0 Å². The highest BCUT2D eigenvalue weighted by Gasteiger charge is 2.28. The molecular weight excluding hydrogens is 348 g/mol. The minimum atomic E-state index is -0.248. The van der Waals surface area contributed by atoms with E-state index in [-0.39, 0.29) is 18.1 Å². The molecule has 1 aliphatic heterocycles. The molecule has 28 heavy (non-hydrogen) atoms. The summed E-state index contributed by atoms with van der Waals surface area (Å²) in [5.41, 5.74) is 3.65. The molecule has 4 heteroatoms. The first-order valence-corrected chi connectivity index (χ1v) is 10.4. The minimum Gasteiger partial charge on any atom is -0.392 e. The van der Waals surface area contributed by atoms with Crippen molar-refractivity contribution < 1.29 is 9.90 Å². The van der Waals surface area contributed by atoms with E-state index in [1.165, 1.54) is 16.7 Å². The lowest BCUT2D eigenvalue weighted by atomic mass is 10.0. The van der Waals surface area contributed by atoms with E-state index in [1.54, 1.807) is 0 Å². The molecule has 0 spiro atoms. The van der Waals surface area contributed by atoms with Gasteiger partial charge in [0, 0.05) is 33.1 Å². The van der Waals surface area contributed by atoms with E-state index in [2.05, 4.69) is 48.2 Å². The Morgan fingerprint density at radius 3 is 2.61 bits per heavy atom. The standard InChI is InChI=1S/C24H32N2O2/c1-3-19-10-7-11-21(16-19)23(18-26-15-14-22(27)17-26)25(2)24(28)13-12-20-8-5-4-6-9-20/h4-11,16,22-23,27H,3,12-15,17-18H2,1-2H3/t22-,23+/m0/s1. The van der Waals surface area contributed by atoms with Crippen LogP contribution in [-0.2, 0) is 17.6 Å². The van der Waals surface area contributed by atoms with Gasteiger partial charge in [-0.05, 0) is 36.0 Å². The number of hydrogen-bond acceptors (Lipinski definition) is 3. The Labute approximate surface area is 168 Å². The molecule has 0 radical (unpaired) electrons. The van der Waals surface area contributed by atoms with Gasteiger partial charge in [0.1, 0.15) is 0 Å². The number of aliphatic hydroxyl groups is 1. The van der Waals surface area contributed by atoms with Crippen molar-refractivity contribution in [2.45, 2.75) is 44.8 Å². The molecule has 4 nitrogen and oxygen atoms in total. The summed E-state index contributed by atoms with van der Waals surface area (Å²) in [6.45, 7) is 4.49. The number of β-amino-alcohol motifs (C(OH)–C–C–N with tert-alkyl or cyclic N) is 1. The molecular formula is C24H32N2O2. The second kappa shape index (κ2) is 9.85. The predicted octanol–water partition coefficient (Wildman–Crippen LogP) is 3.45. The van der Waals surface area contributed by atoms with E-state index in [0.717, 1.165) is 32.4 Å². The Morgan fingerprint density at radius 2 is 1.93 bits per heavy atom. The van der Waals surface area contributed by atoms with Crippen molar-refractivity contribution in [2.24, 2.45) is 0 Å². The molecule has 1 fully saturated rings. The lowest BCUT2D eigenvalue weighted by Crippen LogP contribution is -2.39. The maximum atomic E-state index is 13.0. The molecule has 1 saturated heterocycles. The molecule has 0 bridgehead atoms. The van der Waals surface area contributed by atoms with Crippen molar-refractivity contribution in [1.82, 2.24) is 9.80 Å². The summed E-state index contributed by atoms with van der Waals surface area (Å²) in [4.78, 5) is 17.2. The number of hydrogen-bond donors (Lipinski definition) is 1. The van der Waals surface area contributed by atoms with Crippen molar-refractivity contribution in [2.75, 3.05) is 26.7 Å². The third-order valence-corrected chi connectivity index (χ3v) is 5.75. The molecule has 1 N–H and O–H groups in total. The fourth-order valence-corrected chi connectivity index (χ4v) is 3.94. The van der Waals surface area contributed by atoms with Gasteiger partial charge in [-0.3, -0.25) is 9.69 Å². The number of benzene rings is 2. The fourth-order valence-electron chi connectivity index (χ4n) is 3.94.